The first-order chi connectivity index (χ1) is 7.86. The maximum Gasteiger partial charge on any atom is 0.0607 e. The first-order valence-electron chi connectivity index (χ1n) is 6.06. The van der Waals surface area contributed by atoms with E-state index in [0.29, 0.717) is 0 Å². The molecule has 0 fully saturated rings. The third kappa shape index (κ3) is 2.06. The van der Waals surface area contributed by atoms with E-state index in [-0.39, 0.29) is 0 Å². The average molecular weight is 216 g/mol. The zero-order valence-corrected chi connectivity index (χ0v) is 10.0. The van der Waals surface area contributed by atoms with E-state index >= 15 is 0 Å². The van der Waals surface area contributed by atoms with Crippen molar-refractivity contribution in [2.45, 2.75) is 13.3 Å². The monoisotopic (exact) mass is 216 g/mol. The van der Waals surface area contributed by atoms with Crippen LogP contribution in [0.25, 0.3) is 0 Å². The molecule has 0 amide bonds. The lowest BCUT2D eigenvalue weighted by Gasteiger charge is -2.38. The topological polar surface area (TPSA) is 6.48 Å². The molecule has 0 aliphatic carbocycles. The second-order valence-electron chi connectivity index (χ2n) is 4.21. The highest BCUT2D eigenvalue weighted by Gasteiger charge is 2.20. The summed E-state index contributed by atoms with van der Waals surface area (Å²) in [7, 11) is 0. The van der Waals surface area contributed by atoms with E-state index in [1.165, 1.54) is 17.8 Å². The molecule has 0 saturated heterocycles. The molecule has 0 aromatic heterocycles. The molecule has 0 radical (unpaired) electrons. The number of hydrogen-bond donors (Lipinski definition) is 0. The molecule has 86 valence electrons. The van der Waals surface area contributed by atoms with Gasteiger partial charge in [0.1, 0.15) is 0 Å². The van der Waals surface area contributed by atoms with E-state index < -0.39 is 0 Å². The van der Waals surface area contributed by atoms with Crippen LogP contribution in [-0.2, 0) is 0 Å². The number of para-hydroxylation sites is 2. The van der Waals surface area contributed by atoms with Crippen LogP contribution in [0, 0.1) is 0 Å². The third-order valence-corrected chi connectivity index (χ3v) is 3.05. The molecule has 0 unspecified atom stereocenters. The highest BCUT2D eigenvalue weighted by Crippen LogP contribution is 2.32. The second-order valence-corrected chi connectivity index (χ2v) is 4.21. The first kappa shape index (κ1) is 11.1. The Morgan fingerprint density at radius 3 is 2.44 bits per heavy atom. The zero-order chi connectivity index (χ0) is 11.4. The van der Waals surface area contributed by atoms with Crippen molar-refractivity contribution >= 4 is 11.4 Å². The number of fused-ring (bicyclic) bond motifs is 1. The second kappa shape index (κ2) is 5.06. The SMILES string of the molecule is C=CCN1CCN(CCC)c2ccccc21. The Kier molecular flexibility index (Phi) is 3.50. The predicted octanol–water partition coefficient (Wildman–Crippen LogP) is 2.91. The Labute approximate surface area is 98.2 Å². The normalized spacial score (nSPS) is 14.8. The maximum absolute atomic E-state index is 3.83. The lowest BCUT2D eigenvalue weighted by molar-refractivity contribution is 0.707. The molecular formula is C14H20N2. The van der Waals surface area contributed by atoms with Gasteiger partial charge in [-0.15, -0.1) is 6.58 Å². The van der Waals surface area contributed by atoms with Crippen LogP contribution < -0.4 is 9.80 Å². The quantitative estimate of drug-likeness (QED) is 0.714. The fourth-order valence-corrected chi connectivity index (χ4v) is 2.33. The summed E-state index contributed by atoms with van der Waals surface area (Å²) < 4.78 is 0. The zero-order valence-electron chi connectivity index (χ0n) is 10.0. The van der Waals surface area contributed by atoms with Crippen LogP contribution in [0.5, 0.6) is 0 Å². The van der Waals surface area contributed by atoms with Crippen molar-refractivity contribution in [1.82, 2.24) is 0 Å². The molecule has 0 bridgehead atoms. The Morgan fingerprint density at radius 1 is 1.19 bits per heavy atom. The van der Waals surface area contributed by atoms with Crippen molar-refractivity contribution in [3.05, 3.63) is 36.9 Å². The molecule has 1 aliphatic rings. The van der Waals surface area contributed by atoms with Gasteiger partial charge in [0.25, 0.3) is 0 Å². The fourth-order valence-electron chi connectivity index (χ4n) is 2.33. The van der Waals surface area contributed by atoms with Gasteiger partial charge in [0, 0.05) is 26.2 Å². The molecule has 2 rings (SSSR count). The Bertz CT molecular complexity index is 360. The van der Waals surface area contributed by atoms with Crippen molar-refractivity contribution in [2.24, 2.45) is 0 Å². The van der Waals surface area contributed by atoms with E-state index in [0.717, 1.165) is 26.2 Å². The molecule has 16 heavy (non-hydrogen) atoms. The maximum atomic E-state index is 3.83. The smallest absolute Gasteiger partial charge is 0.0607 e. The van der Waals surface area contributed by atoms with Crippen LogP contribution in [0.15, 0.2) is 36.9 Å². The van der Waals surface area contributed by atoms with E-state index in [1.54, 1.807) is 0 Å². The third-order valence-electron chi connectivity index (χ3n) is 3.05. The standard InChI is InChI=1S/C14H20N2/c1-3-9-15-11-12-16(10-4-2)14-8-6-5-7-13(14)15/h3,5-8H,1,4,9-12H2,2H3. The molecular weight excluding hydrogens is 196 g/mol. The lowest BCUT2D eigenvalue weighted by Crippen LogP contribution is -2.41. The summed E-state index contributed by atoms with van der Waals surface area (Å²) in [6.45, 7) is 10.4. The number of rotatable bonds is 4. The van der Waals surface area contributed by atoms with E-state index in [4.69, 9.17) is 0 Å². The minimum absolute atomic E-state index is 0.941. The molecule has 0 N–H and O–H groups in total. The van der Waals surface area contributed by atoms with Gasteiger partial charge in [0.2, 0.25) is 0 Å². The summed E-state index contributed by atoms with van der Waals surface area (Å²) in [4.78, 5) is 4.88. The van der Waals surface area contributed by atoms with Crippen molar-refractivity contribution in [2.75, 3.05) is 36.0 Å². The van der Waals surface area contributed by atoms with Crippen molar-refractivity contribution < 1.29 is 0 Å². The van der Waals surface area contributed by atoms with Gasteiger partial charge in [-0.05, 0) is 18.6 Å². The molecule has 0 spiro atoms. The van der Waals surface area contributed by atoms with Gasteiger partial charge in [-0.3, -0.25) is 0 Å². The minimum atomic E-state index is 0.941. The molecule has 0 atom stereocenters. The summed E-state index contributed by atoms with van der Waals surface area (Å²) in [6.07, 6.45) is 3.18. The van der Waals surface area contributed by atoms with Crippen LogP contribution in [-0.4, -0.2) is 26.2 Å². The summed E-state index contributed by atoms with van der Waals surface area (Å²) in [5.41, 5.74) is 2.72. The van der Waals surface area contributed by atoms with Crippen LogP contribution >= 0.6 is 0 Å². The van der Waals surface area contributed by atoms with Gasteiger partial charge >= 0.3 is 0 Å². The first-order valence-corrected chi connectivity index (χ1v) is 6.06. The van der Waals surface area contributed by atoms with Crippen LogP contribution in [0.3, 0.4) is 0 Å². The predicted molar refractivity (Wildman–Crippen MR) is 71.4 cm³/mol. The molecule has 2 nitrogen and oxygen atoms in total. The highest BCUT2D eigenvalue weighted by atomic mass is 15.3. The van der Waals surface area contributed by atoms with Gasteiger partial charge < -0.3 is 9.80 Å². The van der Waals surface area contributed by atoms with Crippen LogP contribution in [0.1, 0.15) is 13.3 Å². The average Bonchev–Trinajstić information content (AvgIpc) is 2.33. The molecule has 1 aliphatic heterocycles. The van der Waals surface area contributed by atoms with E-state index in [1.807, 2.05) is 6.08 Å². The van der Waals surface area contributed by atoms with Crippen molar-refractivity contribution in [3.63, 3.8) is 0 Å². The largest absolute Gasteiger partial charge is 0.368 e. The Hall–Kier alpha value is -1.44. The summed E-state index contributed by atoms with van der Waals surface area (Å²) in [5, 5.41) is 0. The summed E-state index contributed by atoms with van der Waals surface area (Å²) >= 11 is 0. The highest BCUT2D eigenvalue weighted by molar-refractivity contribution is 5.73. The van der Waals surface area contributed by atoms with Gasteiger partial charge in [0.05, 0.1) is 11.4 Å². The van der Waals surface area contributed by atoms with E-state index in [2.05, 4.69) is 47.6 Å². The van der Waals surface area contributed by atoms with Crippen molar-refractivity contribution in [3.8, 4) is 0 Å². The van der Waals surface area contributed by atoms with Gasteiger partial charge in [-0.25, -0.2) is 0 Å². The number of benzene rings is 1. The molecule has 1 aromatic carbocycles. The number of hydrogen-bond acceptors (Lipinski definition) is 2. The van der Waals surface area contributed by atoms with Gasteiger partial charge in [0.15, 0.2) is 0 Å². The van der Waals surface area contributed by atoms with Gasteiger partial charge in [-0.1, -0.05) is 25.1 Å². The molecule has 0 saturated carbocycles. The summed E-state index contributed by atoms with van der Waals surface area (Å²) in [6, 6.07) is 8.67. The van der Waals surface area contributed by atoms with Crippen molar-refractivity contribution in [1.29, 1.82) is 0 Å². The Balaban J connectivity index is 2.28. The van der Waals surface area contributed by atoms with Crippen LogP contribution in [0.2, 0.25) is 0 Å². The minimum Gasteiger partial charge on any atom is -0.368 e. The van der Waals surface area contributed by atoms with E-state index in [9.17, 15) is 0 Å². The summed E-state index contributed by atoms with van der Waals surface area (Å²) in [5.74, 6) is 0. The van der Waals surface area contributed by atoms with Crippen LogP contribution in [0.4, 0.5) is 11.4 Å². The molecule has 1 aromatic rings. The molecule has 2 heteroatoms. The number of anilines is 2. The number of nitrogens with zero attached hydrogens (tertiary/aromatic N) is 2. The Morgan fingerprint density at radius 2 is 1.81 bits per heavy atom. The molecule has 1 heterocycles. The van der Waals surface area contributed by atoms with Gasteiger partial charge in [-0.2, -0.15) is 0 Å². The fraction of sp³-hybridized carbons (Fsp3) is 0.429. The lowest BCUT2D eigenvalue weighted by atomic mass is 10.1.